The van der Waals surface area contributed by atoms with E-state index in [-0.39, 0.29) is 4.88 Å². The summed E-state index contributed by atoms with van der Waals surface area (Å²) < 4.78 is 5.59. The van der Waals surface area contributed by atoms with Crippen molar-refractivity contribution < 1.29 is 14.6 Å². The Bertz CT molecular complexity index is 563. The fourth-order valence-corrected chi connectivity index (χ4v) is 2.15. The number of aryl methyl sites for hydroxylation is 1. The first-order valence-electron chi connectivity index (χ1n) is 4.83. The van der Waals surface area contributed by atoms with Crippen LogP contribution in [0.2, 0.25) is 5.02 Å². The maximum absolute atomic E-state index is 10.7. The van der Waals surface area contributed by atoms with Gasteiger partial charge in [-0.15, -0.1) is 0 Å². The molecule has 0 fully saturated rings. The topological polar surface area (TPSA) is 46.5 Å². The van der Waals surface area contributed by atoms with Crippen LogP contribution in [0.4, 0.5) is 0 Å². The summed E-state index contributed by atoms with van der Waals surface area (Å²) in [5.74, 6) is -0.316. The zero-order valence-corrected chi connectivity index (χ0v) is 10.5. The van der Waals surface area contributed by atoms with Crippen LogP contribution in [0.3, 0.4) is 0 Å². The SMILES string of the molecule is Cc1ccc(Cl)cc1Oc1ccc(C(=O)O)s1. The summed E-state index contributed by atoms with van der Waals surface area (Å²) >= 11 is 6.95. The van der Waals surface area contributed by atoms with Crippen LogP contribution in [0, 0.1) is 6.92 Å². The monoisotopic (exact) mass is 268 g/mol. The predicted octanol–water partition coefficient (Wildman–Crippen LogP) is 4.20. The number of hydrogen-bond acceptors (Lipinski definition) is 3. The third-order valence-electron chi connectivity index (χ3n) is 2.15. The van der Waals surface area contributed by atoms with Gasteiger partial charge in [-0.2, -0.15) is 0 Å². The summed E-state index contributed by atoms with van der Waals surface area (Å²) in [6, 6.07) is 8.48. The number of carboxylic acids is 1. The van der Waals surface area contributed by atoms with Crippen molar-refractivity contribution >= 4 is 28.9 Å². The lowest BCUT2D eigenvalue weighted by Gasteiger charge is -2.06. The predicted molar refractivity (Wildman–Crippen MR) is 67.5 cm³/mol. The maximum atomic E-state index is 10.7. The molecule has 0 atom stereocenters. The third-order valence-corrected chi connectivity index (χ3v) is 3.34. The molecule has 1 aromatic carbocycles. The van der Waals surface area contributed by atoms with Crippen molar-refractivity contribution in [3.8, 4) is 10.8 Å². The molecule has 88 valence electrons. The first-order valence-corrected chi connectivity index (χ1v) is 6.03. The van der Waals surface area contributed by atoms with Crippen molar-refractivity contribution in [1.82, 2.24) is 0 Å². The number of carbonyl (C=O) groups is 1. The van der Waals surface area contributed by atoms with E-state index < -0.39 is 5.97 Å². The zero-order chi connectivity index (χ0) is 12.4. The minimum atomic E-state index is -0.951. The van der Waals surface area contributed by atoms with Crippen molar-refractivity contribution in [3.63, 3.8) is 0 Å². The van der Waals surface area contributed by atoms with Crippen molar-refractivity contribution in [2.75, 3.05) is 0 Å². The van der Waals surface area contributed by atoms with Gasteiger partial charge >= 0.3 is 5.97 Å². The molecule has 0 aliphatic carbocycles. The van der Waals surface area contributed by atoms with E-state index in [0.29, 0.717) is 15.8 Å². The van der Waals surface area contributed by atoms with E-state index in [4.69, 9.17) is 21.4 Å². The summed E-state index contributed by atoms with van der Waals surface area (Å²) in [5, 5.41) is 9.92. The molecule has 1 heterocycles. The summed E-state index contributed by atoms with van der Waals surface area (Å²) in [6.07, 6.45) is 0. The first-order chi connectivity index (χ1) is 8.06. The molecule has 1 aromatic heterocycles. The summed E-state index contributed by atoms with van der Waals surface area (Å²) in [7, 11) is 0. The lowest BCUT2D eigenvalue weighted by molar-refractivity contribution is 0.0702. The van der Waals surface area contributed by atoms with Crippen LogP contribution in [0.1, 0.15) is 15.2 Å². The molecular weight excluding hydrogens is 260 g/mol. The van der Waals surface area contributed by atoms with Gasteiger partial charge in [0.2, 0.25) is 0 Å². The zero-order valence-electron chi connectivity index (χ0n) is 8.94. The fraction of sp³-hybridized carbons (Fsp3) is 0.0833. The largest absolute Gasteiger partial charge is 0.477 e. The third kappa shape index (κ3) is 2.78. The van der Waals surface area contributed by atoms with Crippen LogP contribution in [0.25, 0.3) is 0 Å². The van der Waals surface area contributed by atoms with Gasteiger partial charge in [0.15, 0.2) is 5.06 Å². The Balaban J connectivity index is 2.25. The molecule has 0 spiro atoms. The molecule has 0 amide bonds. The summed E-state index contributed by atoms with van der Waals surface area (Å²) in [5.41, 5.74) is 0.944. The number of aromatic carboxylic acids is 1. The van der Waals surface area contributed by atoms with E-state index in [2.05, 4.69) is 0 Å². The number of carboxylic acid groups (broad SMARTS) is 1. The van der Waals surface area contributed by atoms with Crippen molar-refractivity contribution in [3.05, 3.63) is 45.8 Å². The Kier molecular flexibility index (Phi) is 3.36. The normalized spacial score (nSPS) is 10.2. The molecule has 0 saturated carbocycles. The van der Waals surface area contributed by atoms with Gasteiger partial charge < -0.3 is 9.84 Å². The Labute approximate surface area is 107 Å². The number of rotatable bonds is 3. The van der Waals surface area contributed by atoms with Crippen LogP contribution >= 0.6 is 22.9 Å². The molecule has 2 aromatic rings. The van der Waals surface area contributed by atoms with E-state index in [0.717, 1.165) is 16.9 Å². The van der Waals surface area contributed by atoms with Crippen LogP contribution in [0.5, 0.6) is 10.8 Å². The van der Waals surface area contributed by atoms with Crippen LogP contribution in [-0.2, 0) is 0 Å². The molecule has 3 nitrogen and oxygen atoms in total. The molecule has 0 aliphatic rings. The van der Waals surface area contributed by atoms with Crippen LogP contribution < -0.4 is 4.74 Å². The number of hydrogen-bond donors (Lipinski definition) is 1. The van der Waals surface area contributed by atoms with Crippen molar-refractivity contribution in [2.45, 2.75) is 6.92 Å². The highest BCUT2D eigenvalue weighted by atomic mass is 35.5. The van der Waals surface area contributed by atoms with Crippen molar-refractivity contribution in [1.29, 1.82) is 0 Å². The quantitative estimate of drug-likeness (QED) is 0.907. The number of benzene rings is 1. The smallest absolute Gasteiger partial charge is 0.345 e. The lowest BCUT2D eigenvalue weighted by atomic mass is 10.2. The maximum Gasteiger partial charge on any atom is 0.345 e. The van der Waals surface area contributed by atoms with E-state index in [1.165, 1.54) is 6.07 Å². The molecular formula is C12H9ClO3S. The van der Waals surface area contributed by atoms with Gasteiger partial charge in [-0.25, -0.2) is 4.79 Å². The highest BCUT2D eigenvalue weighted by Gasteiger charge is 2.09. The molecule has 17 heavy (non-hydrogen) atoms. The van der Waals surface area contributed by atoms with Gasteiger partial charge in [-0.05, 0) is 36.8 Å². The molecule has 0 unspecified atom stereocenters. The van der Waals surface area contributed by atoms with Crippen LogP contribution in [-0.4, -0.2) is 11.1 Å². The second kappa shape index (κ2) is 4.77. The van der Waals surface area contributed by atoms with Gasteiger partial charge in [0.1, 0.15) is 10.6 Å². The molecule has 0 saturated heterocycles. The Morgan fingerprint density at radius 2 is 2.12 bits per heavy atom. The second-order valence-corrected chi connectivity index (χ2v) is 4.92. The van der Waals surface area contributed by atoms with Gasteiger partial charge in [0, 0.05) is 5.02 Å². The van der Waals surface area contributed by atoms with E-state index >= 15 is 0 Å². The molecule has 0 radical (unpaired) electrons. The average molecular weight is 269 g/mol. The summed E-state index contributed by atoms with van der Waals surface area (Å²) in [6.45, 7) is 1.90. The number of ether oxygens (including phenoxy) is 1. The van der Waals surface area contributed by atoms with Gasteiger partial charge in [-0.3, -0.25) is 0 Å². The summed E-state index contributed by atoms with van der Waals surface area (Å²) in [4.78, 5) is 11.0. The van der Waals surface area contributed by atoms with Crippen LogP contribution in [0.15, 0.2) is 30.3 Å². The highest BCUT2D eigenvalue weighted by Crippen LogP contribution is 2.32. The first kappa shape index (κ1) is 12.0. The second-order valence-electron chi connectivity index (χ2n) is 3.44. The molecule has 1 N–H and O–H groups in total. The number of halogens is 1. The molecule has 0 bridgehead atoms. The minimum Gasteiger partial charge on any atom is -0.477 e. The molecule has 5 heteroatoms. The lowest BCUT2D eigenvalue weighted by Crippen LogP contribution is -1.89. The van der Waals surface area contributed by atoms with E-state index in [9.17, 15) is 4.79 Å². The molecule has 0 aliphatic heterocycles. The Morgan fingerprint density at radius 3 is 2.76 bits per heavy atom. The van der Waals surface area contributed by atoms with E-state index in [1.54, 1.807) is 18.2 Å². The fourth-order valence-electron chi connectivity index (χ4n) is 1.28. The molecule has 2 rings (SSSR count). The Hall–Kier alpha value is -1.52. The highest BCUT2D eigenvalue weighted by molar-refractivity contribution is 7.15. The minimum absolute atomic E-state index is 0.250. The van der Waals surface area contributed by atoms with E-state index in [1.807, 2.05) is 13.0 Å². The van der Waals surface area contributed by atoms with Gasteiger partial charge in [0.25, 0.3) is 0 Å². The number of thiophene rings is 1. The van der Waals surface area contributed by atoms with Crippen molar-refractivity contribution in [2.24, 2.45) is 0 Å². The van der Waals surface area contributed by atoms with Gasteiger partial charge in [0.05, 0.1) is 0 Å². The Morgan fingerprint density at radius 1 is 1.35 bits per heavy atom. The standard InChI is InChI=1S/C12H9ClO3S/c1-7-2-3-8(13)6-9(7)16-11-5-4-10(17-11)12(14)15/h2-6H,1H3,(H,14,15). The van der Waals surface area contributed by atoms with Gasteiger partial charge in [-0.1, -0.05) is 29.0 Å². The average Bonchev–Trinajstić information content (AvgIpc) is 2.72.